The van der Waals surface area contributed by atoms with Crippen molar-refractivity contribution in [3.8, 4) is 11.5 Å². The first-order valence-corrected chi connectivity index (χ1v) is 14.4. The van der Waals surface area contributed by atoms with Crippen LogP contribution >= 0.6 is 11.6 Å². The molecule has 1 amide bonds. The number of hydrogen-bond donors (Lipinski definition) is 1. The van der Waals surface area contributed by atoms with Crippen LogP contribution < -0.4 is 14.8 Å². The molecule has 2 atom stereocenters. The average molecular weight is 586 g/mol. The van der Waals surface area contributed by atoms with Crippen molar-refractivity contribution in [2.75, 3.05) is 51.8 Å². The molecule has 0 unspecified atom stereocenters. The number of fused-ring (bicyclic) bond motifs is 2. The standard InChI is InChI=1S/C30H37ClFN5O4/c1-30(2,3)41-29(38)37-11-9-19-15-36(16-20(19)17-37)10-6-12-40-26-13-21-24(14-25(26)39-4)33-18-34-28(21)35-23-8-5-7-22(31)27(23)32/h5,7-8,13-14,18-20H,6,9-12,15-17H2,1-4H3,(H,33,34,35)/t19-,20-/m0/s1. The van der Waals surface area contributed by atoms with Gasteiger partial charge >= 0.3 is 6.09 Å². The number of carbonyl (C=O) groups is 1. The predicted octanol–water partition coefficient (Wildman–Crippen LogP) is 6.13. The van der Waals surface area contributed by atoms with Crippen molar-refractivity contribution >= 4 is 40.1 Å². The third kappa shape index (κ3) is 6.93. The summed E-state index contributed by atoms with van der Waals surface area (Å²) in [4.78, 5) is 25.5. The molecular formula is C30H37ClFN5O4. The summed E-state index contributed by atoms with van der Waals surface area (Å²) in [7, 11) is 1.59. The van der Waals surface area contributed by atoms with Crippen LogP contribution in [0.2, 0.25) is 5.02 Å². The highest BCUT2D eigenvalue weighted by Crippen LogP contribution is 2.36. The quantitative estimate of drug-likeness (QED) is 0.316. The molecule has 2 fully saturated rings. The summed E-state index contributed by atoms with van der Waals surface area (Å²) in [6.07, 6.45) is 3.03. The lowest BCUT2D eigenvalue weighted by atomic mass is 9.89. The van der Waals surface area contributed by atoms with Crippen molar-refractivity contribution < 1.29 is 23.4 Å². The molecule has 1 N–H and O–H groups in total. The van der Waals surface area contributed by atoms with Crippen LogP contribution in [0.15, 0.2) is 36.7 Å². The highest BCUT2D eigenvalue weighted by atomic mass is 35.5. The maximum absolute atomic E-state index is 14.5. The molecule has 220 valence electrons. The maximum atomic E-state index is 14.5. The zero-order valence-corrected chi connectivity index (χ0v) is 24.7. The highest BCUT2D eigenvalue weighted by Gasteiger charge is 2.39. The monoisotopic (exact) mass is 585 g/mol. The van der Waals surface area contributed by atoms with Crippen LogP contribution in [0, 0.1) is 17.7 Å². The topological polar surface area (TPSA) is 89.1 Å². The van der Waals surface area contributed by atoms with E-state index in [4.69, 9.17) is 25.8 Å². The van der Waals surface area contributed by atoms with Gasteiger partial charge in [-0.2, -0.15) is 0 Å². The lowest BCUT2D eigenvalue weighted by Gasteiger charge is -2.35. The number of anilines is 2. The average Bonchev–Trinajstić information content (AvgIpc) is 3.34. The van der Waals surface area contributed by atoms with Crippen LogP contribution in [0.1, 0.15) is 33.6 Å². The Morgan fingerprint density at radius 1 is 1.15 bits per heavy atom. The molecule has 41 heavy (non-hydrogen) atoms. The van der Waals surface area contributed by atoms with Gasteiger partial charge in [0.25, 0.3) is 0 Å². The Bertz CT molecular complexity index is 1400. The van der Waals surface area contributed by atoms with Gasteiger partial charge in [-0.05, 0) is 63.6 Å². The number of nitrogens with one attached hydrogen (secondary N) is 1. The zero-order chi connectivity index (χ0) is 29.1. The van der Waals surface area contributed by atoms with Gasteiger partial charge in [-0.3, -0.25) is 0 Å². The summed E-state index contributed by atoms with van der Waals surface area (Å²) in [5, 5.41) is 3.72. The van der Waals surface area contributed by atoms with Crippen LogP contribution in [0.25, 0.3) is 10.9 Å². The van der Waals surface area contributed by atoms with Gasteiger partial charge in [-0.1, -0.05) is 17.7 Å². The maximum Gasteiger partial charge on any atom is 0.410 e. The van der Waals surface area contributed by atoms with Gasteiger partial charge in [0, 0.05) is 44.2 Å². The SMILES string of the molecule is COc1cc2ncnc(Nc3cccc(Cl)c3F)c2cc1OCCCN1C[C@@H]2CCN(C(=O)OC(C)(C)C)C[C@@H]2C1. The summed E-state index contributed by atoms with van der Waals surface area (Å²) >= 11 is 5.95. The summed E-state index contributed by atoms with van der Waals surface area (Å²) < 4.78 is 31.8. The lowest BCUT2D eigenvalue weighted by molar-refractivity contribution is 0.0139. The van der Waals surface area contributed by atoms with Crippen molar-refractivity contribution in [1.82, 2.24) is 19.8 Å². The molecular weight excluding hydrogens is 549 g/mol. The number of benzene rings is 2. The van der Waals surface area contributed by atoms with E-state index >= 15 is 0 Å². The number of methoxy groups -OCH3 is 1. The Hall–Kier alpha value is -3.37. The van der Waals surface area contributed by atoms with Crippen LogP contribution in [0.4, 0.5) is 20.7 Å². The van der Waals surface area contributed by atoms with Crippen LogP contribution in [0.3, 0.4) is 0 Å². The number of aromatic nitrogens is 2. The van der Waals surface area contributed by atoms with Gasteiger partial charge in [0.1, 0.15) is 17.7 Å². The Kier molecular flexibility index (Phi) is 8.70. The van der Waals surface area contributed by atoms with E-state index in [0.29, 0.717) is 46.7 Å². The molecule has 3 aromatic rings. The number of likely N-dealkylation sites (tertiary alicyclic amines) is 2. The fourth-order valence-electron chi connectivity index (χ4n) is 5.57. The van der Waals surface area contributed by atoms with Gasteiger partial charge in [0.2, 0.25) is 0 Å². The zero-order valence-electron chi connectivity index (χ0n) is 24.0. The van der Waals surface area contributed by atoms with Gasteiger partial charge in [0.05, 0.1) is 29.9 Å². The van der Waals surface area contributed by atoms with Crippen molar-refractivity contribution in [1.29, 1.82) is 0 Å². The molecule has 2 saturated heterocycles. The molecule has 0 spiro atoms. The van der Waals surface area contributed by atoms with E-state index in [0.717, 1.165) is 45.6 Å². The number of amides is 1. The highest BCUT2D eigenvalue weighted by molar-refractivity contribution is 6.31. The summed E-state index contributed by atoms with van der Waals surface area (Å²) in [5.41, 5.74) is 0.369. The summed E-state index contributed by atoms with van der Waals surface area (Å²) in [5.74, 6) is 2.07. The minimum atomic E-state index is -0.551. The molecule has 3 heterocycles. The molecule has 11 heteroatoms. The minimum absolute atomic E-state index is 0.0247. The third-order valence-electron chi connectivity index (χ3n) is 7.53. The number of piperidine rings is 1. The Morgan fingerprint density at radius 2 is 1.95 bits per heavy atom. The lowest BCUT2D eigenvalue weighted by Crippen LogP contribution is -2.45. The number of halogens is 2. The normalized spacial score (nSPS) is 19.2. The number of nitrogens with zero attached hydrogens (tertiary/aromatic N) is 4. The molecule has 0 aliphatic carbocycles. The van der Waals surface area contributed by atoms with Gasteiger partial charge in [0.15, 0.2) is 17.3 Å². The van der Waals surface area contributed by atoms with Gasteiger partial charge in [-0.25, -0.2) is 19.2 Å². The second kappa shape index (κ2) is 12.2. The smallest absolute Gasteiger partial charge is 0.410 e. The van der Waals surface area contributed by atoms with E-state index in [1.54, 1.807) is 25.3 Å². The fraction of sp³-hybridized carbons (Fsp3) is 0.500. The molecule has 2 aliphatic rings. The van der Waals surface area contributed by atoms with Crippen molar-refractivity contribution in [2.45, 2.75) is 39.2 Å². The number of hydrogen-bond acceptors (Lipinski definition) is 8. The molecule has 2 aliphatic heterocycles. The van der Waals surface area contributed by atoms with E-state index in [9.17, 15) is 9.18 Å². The largest absolute Gasteiger partial charge is 0.493 e. The molecule has 0 radical (unpaired) electrons. The fourth-order valence-corrected chi connectivity index (χ4v) is 5.75. The van der Waals surface area contributed by atoms with Crippen molar-refractivity contribution in [3.63, 3.8) is 0 Å². The van der Waals surface area contributed by atoms with E-state index in [1.807, 2.05) is 31.7 Å². The number of carbonyl (C=O) groups excluding carboxylic acids is 1. The number of ether oxygens (including phenoxy) is 3. The summed E-state index contributed by atoms with van der Waals surface area (Å²) in [6.45, 7) is 10.6. The van der Waals surface area contributed by atoms with Crippen LogP contribution in [-0.4, -0.2) is 77.9 Å². The predicted molar refractivity (Wildman–Crippen MR) is 157 cm³/mol. The first kappa shape index (κ1) is 29.1. The Balaban J connectivity index is 1.18. The molecule has 5 rings (SSSR count). The Labute approximate surface area is 244 Å². The second-order valence-corrected chi connectivity index (χ2v) is 12.1. The number of rotatable bonds is 8. The van der Waals surface area contributed by atoms with Crippen molar-refractivity contribution in [2.24, 2.45) is 11.8 Å². The summed E-state index contributed by atoms with van der Waals surface area (Å²) in [6, 6.07) is 8.36. The van der Waals surface area contributed by atoms with E-state index in [2.05, 4.69) is 20.2 Å². The van der Waals surface area contributed by atoms with E-state index in [-0.39, 0.29) is 16.8 Å². The molecule has 0 saturated carbocycles. The molecule has 0 bridgehead atoms. The van der Waals surface area contributed by atoms with E-state index in [1.165, 1.54) is 12.4 Å². The molecule has 2 aromatic carbocycles. The third-order valence-corrected chi connectivity index (χ3v) is 7.82. The first-order chi connectivity index (χ1) is 19.6. The minimum Gasteiger partial charge on any atom is -0.493 e. The van der Waals surface area contributed by atoms with Crippen LogP contribution in [-0.2, 0) is 4.74 Å². The first-order valence-electron chi connectivity index (χ1n) is 14.0. The van der Waals surface area contributed by atoms with Crippen LogP contribution in [0.5, 0.6) is 11.5 Å². The van der Waals surface area contributed by atoms with Gasteiger partial charge < -0.3 is 29.3 Å². The molecule has 1 aromatic heterocycles. The molecule has 9 nitrogen and oxygen atoms in total. The second-order valence-electron chi connectivity index (χ2n) is 11.7. The van der Waals surface area contributed by atoms with Crippen molar-refractivity contribution in [3.05, 3.63) is 47.5 Å². The Morgan fingerprint density at radius 3 is 2.73 bits per heavy atom. The van der Waals surface area contributed by atoms with E-state index < -0.39 is 11.4 Å². The van der Waals surface area contributed by atoms with Gasteiger partial charge in [-0.15, -0.1) is 0 Å².